The third kappa shape index (κ3) is 3.07. The van der Waals surface area contributed by atoms with Crippen molar-refractivity contribution < 1.29 is 30.0 Å². The van der Waals surface area contributed by atoms with E-state index in [1.165, 1.54) is 4.57 Å². The Balaban J connectivity index is 2.15. The first-order valence-electron chi connectivity index (χ1n) is 7.08. The van der Waals surface area contributed by atoms with Crippen LogP contribution in [-0.2, 0) is 9.53 Å². The van der Waals surface area contributed by atoms with Gasteiger partial charge < -0.3 is 30.9 Å². The summed E-state index contributed by atoms with van der Waals surface area (Å²) in [6.07, 6.45) is -5.14. The number of hydrogen-bond donors (Lipinski definition) is 6. The van der Waals surface area contributed by atoms with Gasteiger partial charge in [0.2, 0.25) is 5.95 Å². The minimum atomic E-state index is -1.46. The molecule has 0 radical (unpaired) electrons. The number of aliphatic carboxylic acids is 1. The van der Waals surface area contributed by atoms with E-state index in [4.69, 9.17) is 15.6 Å². The number of rotatable bonds is 5. The minimum absolute atomic E-state index is 0.0378. The van der Waals surface area contributed by atoms with Crippen molar-refractivity contribution in [1.29, 1.82) is 0 Å². The Bertz CT molecular complexity index is 867. The molecule has 1 aliphatic rings. The molecule has 1 saturated heterocycles. The first-order chi connectivity index (χ1) is 11.8. The van der Waals surface area contributed by atoms with Gasteiger partial charge in [-0.15, -0.1) is 0 Å². The fourth-order valence-corrected chi connectivity index (χ4v) is 3.27. The van der Waals surface area contributed by atoms with Crippen LogP contribution in [0.1, 0.15) is 6.23 Å². The second-order valence-corrected chi connectivity index (χ2v) is 6.24. The summed E-state index contributed by atoms with van der Waals surface area (Å²) in [5, 5.41) is 38.3. The summed E-state index contributed by atoms with van der Waals surface area (Å²) in [4.78, 5) is 33.1. The molecular weight excluding hydrogens is 358 g/mol. The van der Waals surface area contributed by atoms with Gasteiger partial charge in [0.15, 0.2) is 22.5 Å². The Labute approximate surface area is 143 Å². The van der Waals surface area contributed by atoms with E-state index in [2.05, 4.69) is 15.0 Å². The van der Waals surface area contributed by atoms with E-state index in [0.717, 1.165) is 11.8 Å². The average Bonchev–Trinajstić information content (AvgIpc) is 3.04. The number of carboxylic acids is 1. The first kappa shape index (κ1) is 17.6. The summed E-state index contributed by atoms with van der Waals surface area (Å²) in [7, 11) is 0. The van der Waals surface area contributed by atoms with Gasteiger partial charge in [0.1, 0.15) is 18.3 Å². The third-order valence-electron chi connectivity index (χ3n) is 3.63. The monoisotopic (exact) mass is 373 g/mol. The van der Waals surface area contributed by atoms with Crippen LogP contribution in [0.3, 0.4) is 0 Å². The maximum atomic E-state index is 12.0. The SMILES string of the molecule is Nc1nc2c(nc(SCC(=O)O)n2[C@@H]2O[C@H](CO)C(O)C2O)c(=O)[nH]1. The van der Waals surface area contributed by atoms with E-state index in [1.54, 1.807) is 0 Å². The summed E-state index contributed by atoms with van der Waals surface area (Å²) < 4.78 is 6.63. The van der Waals surface area contributed by atoms with Gasteiger partial charge in [-0.25, -0.2) is 4.98 Å². The van der Waals surface area contributed by atoms with Crippen molar-refractivity contribution in [2.75, 3.05) is 18.1 Å². The third-order valence-corrected chi connectivity index (χ3v) is 4.57. The van der Waals surface area contributed by atoms with Gasteiger partial charge in [-0.3, -0.25) is 19.1 Å². The highest BCUT2D eigenvalue weighted by Gasteiger charge is 2.45. The highest BCUT2D eigenvalue weighted by Crippen LogP contribution is 2.35. The van der Waals surface area contributed by atoms with Gasteiger partial charge in [0, 0.05) is 0 Å². The van der Waals surface area contributed by atoms with Crippen LogP contribution in [-0.4, -0.2) is 76.6 Å². The summed E-state index contributed by atoms with van der Waals surface area (Å²) >= 11 is 0.778. The van der Waals surface area contributed by atoms with Gasteiger partial charge >= 0.3 is 5.97 Å². The number of imidazole rings is 1. The van der Waals surface area contributed by atoms with Crippen molar-refractivity contribution in [3.05, 3.63) is 10.4 Å². The number of aromatic amines is 1. The predicted molar refractivity (Wildman–Crippen MR) is 83.9 cm³/mol. The molecule has 1 fully saturated rings. The molecule has 2 unspecified atom stereocenters. The molecule has 4 atom stereocenters. The molecule has 0 bridgehead atoms. The molecule has 136 valence electrons. The maximum absolute atomic E-state index is 12.0. The van der Waals surface area contributed by atoms with Crippen molar-refractivity contribution in [2.24, 2.45) is 0 Å². The number of nitrogens with one attached hydrogen (secondary N) is 1. The molecular formula is C12H15N5O7S. The highest BCUT2D eigenvalue weighted by atomic mass is 32.2. The lowest BCUT2D eigenvalue weighted by Gasteiger charge is -2.18. The average molecular weight is 373 g/mol. The number of H-pyrrole nitrogens is 1. The number of thioether (sulfide) groups is 1. The van der Waals surface area contributed by atoms with E-state index in [1.807, 2.05) is 0 Å². The lowest BCUT2D eigenvalue weighted by molar-refractivity contribution is -0.133. The molecule has 7 N–H and O–H groups in total. The number of carbonyl (C=O) groups is 1. The van der Waals surface area contributed by atoms with E-state index in [0.29, 0.717) is 0 Å². The van der Waals surface area contributed by atoms with Crippen molar-refractivity contribution >= 4 is 34.8 Å². The number of hydrogen-bond acceptors (Lipinski definition) is 10. The number of fused-ring (bicyclic) bond motifs is 1. The number of nitrogens with two attached hydrogens (primary N) is 1. The Hall–Kier alpha value is -2.19. The molecule has 12 nitrogen and oxygen atoms in total. The molecule has 3 heterocycles. The number of anilines is 1. The molecule has 3 rings (SSSR count). The summed E-state index contributed by atoms with van der Waals surface area (Å²) in [5.41, 5.74) is 4.73. The number of aliphatic hydroxyl groups is 3. The molecule has 0 aliphatic carbocycles. The zero-order chi connectivity index (χ0) is 18.3. The fourth-order valence-electron chi connectivity index (χ4n) is 2.53. The summed E-state index contributed by atoms with van der Waals surface area (Å²) in [6, 6.07) is 0. The van der Waals surface area contributed by atoms with Crippen LogP contribution >= 0.6 is 11.8 Å². The van der Waals surface area contributed by atoms with Gasteiger partial charge in [0.05, 0.1) is 12.4 Å². The highest BCUT2D eigenvalue weighted by molar-refractivity contribution is 7.99. The predicted octanol–water partition coefficient (Wildman–Crippen LogP) is -2.51. The number of ether oxygens (including phenoxy) is 1. The Morgan fingerprint density at radius 3 is 2.68 bits per heavy atom. The zero-order valence-corrected chi connectivity index (χ0v) is 13.4. The van der Waals surface area contributed by atoms with Crippen LogP contribution in [0.2, 0.25) is 0 Å². The molecule has 2 aromatic rings. The molecule has 0 saturated carbocycles. The van der Waals surface area contributed by atoms with Gasteiger partial charge in [-0.2, -0.15) is 4.98 Å². The van der Waals surface area contributed by atoms with Crippen molar-refractivity contribution in [3.63, 3.8) is 0 Å². The number of nitrogen functional groups attached to an aromatic ring is 1. The standard InChI is InChI=1S/C12H15N5O7S/c13-11-15-8-5(9(23)16-11)14-12(25-2-4(19)20)17(8)10-7(22)6(21)3(1-18)24-10/h3,6-7,10,18,21-22H,1-2H2,(H,19,20)(H3,13,15,16,23)/t3-,6?,7?,10-/m1/s1. The molecule has 2 aromatic heterocycles. The quantitative estimate of drug-likeness (QED) is 0.303. The maximum Gasteiger partial charge on any atom is 0.313 e. The van der Waals surface area contributed by atoms with Gasteiger partial charge in [-0.05, 0) is 0 Å². The lowest BCUT2D eigenvalue weighted by atomic mass is 10.1. The van der Waals surface area contributed by atoms with Crippen LogP contribution in [0.15, 0.2) is 9.95 Å². The van der Waals surface area contributed by atoms with Gasteiger partial charge in [0.25, 0.3) is 5.56 Å². The number of aromatic nitrogens is 4. The molecule has 0 spiro atoms. The smallest absolute Gasteiger partial charge is 0.313 e. The molecule has 25 heavy (non-hydrogen) atoms. The number of carboxylic acid groups (broad SMARTS) is 1. The van der Waals surface area contributed by atoms with E-state index < -0.39 is 42.7 Å². The van der Waals surface area contributed by atoms with Crippen molar-refractivity contribution in [1.82, 2.24) is 19.5 Å². The van der Waals surface area contributed by atoms with Crippen LogP contribution in [0.5, 0.6) is 0 Å². The normalized spacial score (nSPS) is 26.4. The molecule has 13 heteroatoms. The van der Waals surface area contributed by atoms with Crippen LogP contribution in [0, 0.1) is 0 Å². The fraction of sp³-hybridized carbons (Fsp3) is 0.500. The Morgan fingerprint density at radius 2 is 2.08 bits per heavy atom. The first-order valence-corrected chi connectivity index (χ1v) is 8.06. The minimum Gasteiger partial charge on any atom is -0.481 e. The molecule has 0 amide bonds. The van der Waals surface area contributed by atoms with Crippen molar-refractivity contribution in [3.8, 4) is 0 Å². The second-order valence-electron chi connectivity index (χ2n) is 5.30. The van der Waals surface area contributed by atoms with Crippen LogP contribution in [0.4, 0.5) is 5.95 Å². The zero-order valence-electron chi connectivity index (χ0n) is 12.6. The number of nitrogens with zero attached hydrogens (tertiary/aromatic N) is 3. The summed E-state index contributed by atoms with van der Waals surface area (Å²) in [6.45, 7) is -0.547. The Morgan fingerprint density at radius 1 is 1.36 bits per heavy atom. The van der Waals surface area contributed by atoms with E-state index in [-0.39, 0.29) is 28.0 Å². The molecule has 0 aromatic carbocycles. The Kier molecular flexibility index (Phi) is 4.66. The largest absolute Gasteiger partial charge is 0.481 e. The number of aliphatic hydroxyl groups excluding tert-OH is 3. The van der Waals surface area contributed by atoms with E-state index >= 15 is 0 Å². The summed E-state index contributed by atoms with van der Waals surface area (Å²) in [5.74, 6) is -1.70. The lowest BCUT2D eigenvalue weighted by Crippen LogP contribution is -2.33. The van der Waals surface area contributed by atoms with Crippen LogP contribution in [0.25, 0.3) is 11.2 Å². The molecule has 1 aliphatic heterocycles. The topological polar surface area (TPSA) is 197 Å². The van der Waals surface area contributed by atoms with Gasteiger partial charge in [-0.1, -0.05) is 11.8 Å². The van der Waals surface area contributed by atoms with Crippen LogP contribution < -0.4 is 11.3 Å². The second kappa shape index (κ2) is 6.61. The van der Waals surface area contributed by atoms with Crippen molar-refractivity contribution in [2.45, 2.75) is 29.7 Å². The van der Waals surface area contributed by atoms with E-state index in [9.17, 15) is 24.9 Å².